The van der Waals surface area contributed by atoms with Gasteiger partial charge in [-0.25, -0.2) is 0 Å². The van der Waals surface area contributed by atoms with Crippen molar-refractivity contribution in [1.29, 1.82) is 0 Å². The average Bonchev–Trinajstić information content (AvgIpc) is 2.26. The summed E-state index contributed by atoms with van der Waals surface area (Å²) in [6, 6.07) is 8.21. The first-order valence-corrected chi connectivity index (χ1v) is 5.58. The van der Waals surface area contributed by atoms with E-state index >= 15 is 0 Å². The first kappa shape index (κ1) is 12.7. The molecule has 0 unspecified atom stereocenters. The number of benzene rings is 1. The second kappa shape index (κ2) is 5.12. The summed E-state index contributed by atoms with van der Waals surface area (Å²) in [5.41, 5.74) is 7.14. The van der Waals surface area contributed by atoms with Gasteiger partial charge in [0.1, 0.15) is 0 Å². The zero-order chi connectivity index (χ0) is 12.2. The van der Waals surface area contributed by atoms with Crippen LogP contribution >= 0.6 is 0 Å². The quantitative estimate of drug-likeness (QED) is 0.794. The second-order valence-electron chi connectivity index (χ2n) is 4.39. The molecular formula is C13H20N2O. The maximum Gasteiger partial charge on any atom is 0.237 e. The molecule has 1 amide bonds. The fraction of sp³-hybridized carbons (Fsp3) is 0.462. The number of carbonyl (C=O) groups is 1. The van der Waals surface area contributed by atoms with Gasteiger partial charge in [0.2, 0.25) is 5.91 Å². The van der Waals surface area contributed by atoms with Gasteiger partial charge >= 0.3 is 0 Å². The van der Waals surface area contributed by atoms with Crippen LogP contribution in [0.2, 0.25) is 0 Å². The highest BCUT2D eigenvalue weighted by Crippen LogP contribution is 2.11. The Kier molecular flexibility index (Phi) is 4.07. The van der Waals surface area contributed by atoms with Gasteiger partial charge in [-0.3, -0.25) is 10.1 Å². The van der Waals surface area contributed by atoms with E-state index in [2.05, 4.69) is 24.4 Å². The molecule has 0 aliphatic heterocycles. The van der Waals surface area contributed by atoms with Crippen LogP contribution < -0.4 is 11.1 Å². The Morgan fingerprint density at radius 2 is 2.19 bits per heavy atom. The van der Waals surface area contributed by atoms with Gasteiger partial charge in [-0.15, -0.1) is 0 Å². The number of carbonyl (C=O) groups excluding carboxylic acids is 1. The number of aryl methyl sites for hydroxylation is 1. The maximum atomic E-state index is 11.3. The van der Waals surface area contributed by atoms with Gasteiger partial charge in [-0.05, 0) is 25.8 Å². The van der Waals surface area contributed by atoms with E-state index < -0.39 is 5.54 Å². The lowest BCUT2D eigenvalue weighted by Crippen LogP contribution is -2.52. The third kappa shape index (κ3) is 3.07. The highest BCUT2D eigenvalue weighted by Gasteiger charge is 2.27. The van der Waals surface area contributed by atoms with Gasteiger partial charge in [-0.1, -0.05) is 36.8 Å². The van der Waals surface area contributed by atoms with Crippen molar-refractivity contribution in [3.8, 4) is 0 Å². The Bertz CT molecular complexity index is 376. The van der Waals surface area contributed by atoms with Gasteiger partial charge in [0.05, 0.1) is 5.54 Å². The number of nitrogens with two attached hydrogens (primary N) is 1. The van der Waals surface area contributed by atoms with Crippen LogP contribution in [-0.2, 0) is 11.3 Å². The summed E-state index contributed by atoms with van der Waals surface area (Å²) in [4.78, 5) is 11.3. The lowest BCUT2D eigenvalue weighted by Gasteiger charge is -2.26. The molecule has 3 nitrogen and oxygen atoms in total. The molecule has 0 aromatic heterocycles. The Hall–Kier alpha value is -1.35. The number of amides is 1. The van der Waals surface area contributed by atoms with Crippen LogP contribution in [0, 0.1) is 6.92 Å². The van der Waals surface area contributed by atoms with E-state index in [4.69, 9.17) is 5.73 Å². The summed E-state index contributed by atoms with van der Waals surface area (Å²) < 4.78 is 0. The van der Waals surface area contributed by atoms with Crippen molar-refractivity contribution >= 4 is 5.91 Å². The highest BCUT2D eigenvalue weighted by molar-refractivity contribution is 5.84. The molecule has 0 aliphatic carbocycles. The summed E-state index contributed by atoms with van der Waals surface area (Å²) in [6.45, 7) is 6.50. The van der Waals surface area contributed by atoms with Crippen LogP contribution in [0.15, 0.2) is 24.3 Å². The minimum Gasteiger partial charge on any atom is -0.368 e. The number of hydrogen-bond acceptors (Lipinski definition) is 2. The van der Waals surface area contributed by atoms with Crippen LogP contribution in [0.3, 0.4) is 0 Å². The summed E-state index contributed by atoms with van der Waals surface area (Å²) in [7, 11) is 0. The van der Waals surface area contributed by atoms with Gasteiger partial charge in [0.25, 0.3) is 0 Å². The highest BCUT2D eigenvalue weighted by atomic mass is 16.1. The summed E-state index contributed by atoms with van der Waals surface area (Å²) in [5, 5.41) is 3.21. The molecule has 3 heteroatoms. The Labute approximate surface area is 97.0 Å². The molecule has 0 aliphatic rings. The van der Waals surface area contributed by atoms with Crippen molar-refractivity contribution in [2.24, 2.45) is 5.73 Å². The van der Waals surface area contributed by atoms with E-state index in [1.54, 1.807) is 0 Å². The molecule has 0 saturated carbocycles. The van der Waals surface area contributed by atoms with Crippen molar-refractivity contribution in [1.82, 2.24) is 5.32 Å². The van der Waals surface area contributed by atoms with E-state index in [1.165, 1.54) is 11.1 Å². The molecule has 0 bridgehead atoms. The SMILES string of the molecule is CC[C@](C)(NCc1cccc(C)c1)C(N)=O. The Morgan fingerprint density at radius 1 is 1.50 bits per heavy atom. The topological polar surface area (TPSA) is 55.1 Å². The van der Waals surface area contributed by atoms with E-state index in [0.717, 1.165) is 0 Å². The predicted molar refractivity (Wildman–Crippen MR) is 65.9 cm³/mol. The van der Waals surface area contributed by atoms with Crippen LogP contribution in [0.1, 0.15) is 31.4 Å². The number of hydrogen-bond donors (Lipinski definition) is 2. The molecule has 0 radical (unpaired) electrons. The number of nitrogens with one attached hydrogen (secondary N) is 1. The van der Waals surface area contributed by atoms with Crippen LogP contribution in [0.25, 0.3) is 0 Å². The fourth-order valence-electron chi connectivity index (χ4n) is 1.51. The van der Waals surface area contributed by atoms with E-state index in [0.29, 0.717) is 13.0 Å². The summed E-state index contributed by atoms with van der Waals surface area (Å²) >= 11 is 0. The lowest BCUT2D eigenvalue weighted by molar-refractivity contribution is -0.124. The van der Waals surface area contributed by atoms with Gasteiger partial charge < -0.3 is 5.73 Å². The zero-order valence-electron chi connectivity index (χ0n) is 10.2. The third-order valence-corrected chi connectivity index (χ3v) is 3.02. The van der Waals surface area contributed by atoms with Gasteiger partial charge in [0, 0.05) is 6.54 Å². The molecule has 0 fully saturated rings. The van der Waals surface area contributed by atoms with E-state index in [9.17, 15) is 4.79 Å². The summed E-state index contributed by atoms with van der Waals surface area (Å²) in [6.07, 6.45) is 0.689. The van der Waals surface area contributed by atoms with Gasteiger partial charge in [-0.2, -0.15) is 0 Å². The molecule has 88 valence electrons. The molecule has 3 N–H and O–H groups in total. The minimum absolute atomic E-state index is 0.303. The minimum atomic E-state index is -0.621. The van der Waals surface area contributed by atoms with Crippen molar-refractivity contribution in [2.75, 3.05) is 0 Å². The number of primary amides is 1. The standard InChI is InChI=1S/C13H20N2O/c1-4-13(3,12(14)16)15-9-11-7-5-6-10(2)8-11/h5-8,15H,4,9H2,1-3H3,(H2,14,16)/t13-/m0/s1. The Balaban J connectivity index is 2.66. The molecular weight excluding hydrogens is 200 g/mol. The normalized spacial score (nSPS) is 14.4. The van der Waals surface area contributed by atoms with Crippen molar-refractivity contribution in [3.63, 3.8) is 0 Å². The van der Waals surface area contributed by atoms with Crippen molar-refractivity contribution in [3.05, 3.63) is 35.4 Å². The zero-order valence-corrected chi connectivity index (χ0v) is 10.2. The molecule has 1 rings (SSSR count). The second-order valence-corrected chi connectivity index (χ2v) is 4.39. The van der Waals surface area contributed by atoms with Gasteiger partial charge in [0.15, 0.2) is 0 Å². The molecule has 1 aromatic carbocycles. The van der Waals surface area contributed by atoms with Crippen LogP contribution in [0.5, 0.6) is 0 Å². The van der Waals surface area contributed by atoms with E-state index in [-0.39, 0.29) is 5.91 Å². The number of rotatable bonds is 5. The van der Waals surface area contributed by atoms with Crippen LogP contribution in [-0.4, -0.2) is 11.4 Å². The average molecular weight is 220 g/mol. The molecule has 1 atom stereocenters. The van der Waals surface area contributed by atoms with Crippen molar-refractivity contribution in [2.45, 2.75) is 39.3 Å². The maximum absolute atomic E-state index is 11.3. The molecule has 1 aromatic rings. The molecule has 0 saturated heterocycles. The Morgan fingerprint density at radius 3 is 2.69 bits per heavy atom. The third-order valence-electron chi connectivity index (χ3n) is 3.02. The largest absolute Gasteiger partial charge is 0.368 e. The smallest absolute Gasteiger partial charge is 0.237 e. The van der Waals surface area contributed by atoms with Crippen molar-refractivity contribution < 1.29 is 4.79 Å². The molecule has 16 heavy (non-hydrogen) atoms. The van der Waals surface area contributed by atoms with Crippen LogP contribution in [0.4, 0.5) is 0 Å². The summed E-state index contributed by atoms with van der Waals surface area (Å²) in [5.74, 6) is -0.303. The molecule has 0 spiro atoms. The fourth-order valence-corrected chi connectivity index (χ4v) is 1.51. The predicted octanol–water partition coefficient (Wildman–Crippen LogP) is 1.74. The first-order valence-electron chi connectivity index (χ1n) is 5.58. The lowest BCUT2D eigenvalue weighted by atomic mass is 9.97. The molecule has 0 heterocycles. The monoisotopic (exact) mass is 220 g/mol. The first-order chi connectivity index (χ1) is 7.48. The van der Waals surface area contributed by atoms with E-state index in [1.807, 2.05) is 26.0 Å².